The van der Waals surface area contributed by atoms with Crippen molar-refractivity contribution < 1.29 is 19.1 Å². The third-order valence-electron chi connectivity index (χ3n) is 2.49. The fourth-order valence-electron chi connectivity index (χ4n) is 1.71. The lowest BCUT2D eigenvalue weighted by Gasteiger charge is -2.26. The number of carbonyl (C=O) groups is 2. The molecule has 1 amide bonds. The maximum atomic E-state index is 12.1. The molecule has 0 aromatic rings. The van der Waals surface area contributed by atoms with Crippen LogP contribution in [0.2, 0.25) is 0 Å². The fraction of sp³-hybridized carbons (Fsp3) is 0.571. The maximum absolute atomic E-state index is 12.1. The summed E-state index contributed by atoms with van der Waals surface area (Å²) in [6.45, 7) is 11.0. The fourth-order valence-corrected chi connectivity index (χ4v) is 1.71. The van der Waals surface area contributed by atoms with Crippen molar-refractivity contribution in [2.45, 2.75) is 45.8 Å². The lowest BCUT2D eigenvalue weighted by atomic mass is 10.1. The van der Waals surface area contributed by atoms with Crippen LogP contribution in [0.15, 0.2) is 24.4 Å². The topological polar surface area (TPSA) is 55.8 Å². The molecule has 0 fully saturated rings. The van der Waals surface area contributed by atoms with E-state index in [9.17, 15) is 9.59 Å². The highest BCUT2D eigenvalue weighted by molar-refractivity contribution is 5.84. The van der Waals surface area contributed by atoms with Crippen LogP contribution in [0.5, 0.6) is 0 Å². The van der Waals surface area contributed by atoms with Gasteiger partial charge >= 0.3 is 12.1 Å². The number of nitrogens with zero attached hydrogens (tertiary/aromatic N) is 1. The van der Waals surface area contributed by atoms with Crippen LogP contribution in [-0.2, 0) is 14.3 Å². The molecule has 5 nitrogen and oxygen atoms in total. The van der Waals surface area contributed by atoms with Crippen LogP contribution in [0.3, 0.4) is 0 Å². The smallest absolute Gasteiger partial charge is 0.415 e. The number of carbonyl (C=O) groups excluding carboxylic acids is 2. The van der Waals surface area contributed by atoms with Crippen LogP contribution in [0.25, 0.3) is 0 Å². The minimum atomic E-state index is -0.664. The molecule has 106 valence electrons. The molecular weight excluding hydrogens is 246 g/mol. The van der Waals surface area contributed by atoms with Crippen molar-refractivity contribution in [3.63, 3.8) is 0 Å². The van der Waals surface area contributed by atoms with Crippen molar-refractivity contribution in [1.29, 1.82) is 0 Å². The van der Waals surface area contributed by atoms with E-state index in [4.69, 9.17) is 9.47 Å². The van der Waals surface area contributed by atoms with E-state index < -0.39 is 23.7 Å². The largest absolute Gasteiger partial charge is 0.464 e. The summed E-state index contributed by atoms with van der Waals surface area (Å²) in [6, 6.07) is -0.664. The van der Waals surface area contributed by atoms with Gasteiger partial charge in [0.1, 0.15) is 11.6 Å². The highest BCUT2D eigenvalue weighted by atomic mass is 16.6. The van der Waals surface area contributed by atoms with Crippen LogP contribution in [0.4, 0.5) is 4.79 Å². The molecule has 1 rings (SSSR count). The maximum Gasteiger partial charge on any atom is 0.415 e. The van der Waals surface area contributed by atoms with E-state index in [0.29, 0.717) is 6.42 Å². The van der Waals surface area contributed by atoms with Gasteiger partial charge in [-0.2, -0.15) is 0 Å². The second kappa shape index (κ2) is 5.91. The average Bonchev–Trinajstić information content (AvgIpc) is 2.71. The second-order valence-electron chi connectivity index (χ2n) is 5.27. The summed E-state index contributed by atoms with van der Waals surface area (Å²) in [5.41, 5.74) is 0.199. The number of amides is 1. The third-order valence-corrected chi connectivity index (χ3v) is 2.49. The first-order valence-corrected chi connectivity index (χ1v) is 6.29. The van der Waals surface area contributed by atoms with E-state index in [1.165, 1.54) is 4.90 Å². The Kier molecular flexibility index (Phi) is 4.75. The highest BCUT2D eigenvalue weighted by Crippen LogP contribution is 2.25. The monoisotopic (exact) mass is 267 g/mol. The van der Waals surface area contributed by atoms with E-state index in [2.05, 4.69) is 6.58 Å². The molecule has 0 saturated carbocycles. The zero-order valence-electron chi connectivity index (χ0n) is 11.9. The first kappa shape index (κ1) is 15.3. The SMILES string of the molecule is C=CC1=CN(C(=O)OC(C)(C)C)[C@H](C(=O)OCC)C1. The molecular formula is C14H21NO4. The van der Waals surface area contributed by atoms with Gasteiger partial charge in [0, 0.05) is 12.6 Å². The molecule has 0 N–H and O–H groups in total. The van der Waals surface area contributed by atoms with Gasteiger partial charge in [0.15, 0.2) is 0 Å². The Morgan fingerprint density at radius 3 is 2.63 bits per heavy atom. The molecule has 1 atom stereocenters. The Morgan fingerprint density at radius 1 is 1.53 bits per heavy atom. The zero-order chi connectivity index (χ0) is 14.6. The van der Waals surface area contributed by atoms with E-state index in [1.807, 2.05) is 0 Å². The number of ether oxygens (including phenoxy) is 2. The van der Waals surface area contributed by atoms with Gasteiger partial charge in [-0.25, -0.2) is 9.59 Å². The van der Waals surface area contributed by atoms with Crippen LogP contribution in [0, 0.1) is 0 Å². The van der Waals surface area contributed by atoms with E-state index in [1.54, 1.807) is 40.0 Å². The number of esters is 1. The normalized spacial score (nSPS) is 18.8. The summed E-state index contributed by atoms with van der Waals surface area (Å²) in [4.78, 5) is 25.2. The second-order valence-corrected chi connectivity index (χ2v) is 5.27. The summed E-state index contributed by atoms with van der Waals surface area (Å²) >= 11 is 0. The Morgan fingerprint density at radius 2 is 2.16 bits per heavy atom. The molecule has 5 heteroatoms. The van der Waals surface area contributed by atoms with E-state index in [0.717, 1.165) is 5.57 Å². The molecule has 1 aliphatic rings. The van der Waals surface area contributed by atoms with E-state index in [-0.39, 0.29) is 6.61 Å². The number of allylic oxidation sites excluding steroid dienone is 1. The van der Waals surface area contributed by atoms with Gasteiger partial charge in [0.25, 0.3) is 0 Å². The predicted octanol–water partition coefficient (Wildman–Crippen LogP) is 2.63. The minimum Gasteiger partial charge on any atom is -0.464 e. The quantitative estimate of drug-likeness (QED) is 0.738. The molecule has 1 heterocycles. The van der Waals surface area contributed by atoms with Crippen molar-refractivity contribution in [1.82, 2.24) is 4.90 Å². The van der Waals surface area contributed by atoms with Crippen molar-refractivity contribution in [3.8, 4) is 0 Å². The predicted molar refractivity (Wildman–Crippen MR) is 71.4 cm³/mol. The molecule has 0 saturated heterocycles. The first-order chi connectivity index (χ1) is 8.78. The van der Waals surface area contributed by atoms with Crippen molar-refractivity contribution >= 4 is 12.1 Å². The Hall–Kier alpha value is -1.78. The Labute approximate surface area is 113 Å². The van der Waals surface area contributed by atoms with Gasteiger partial charge in [-0.05, 0) is 33.3 Å². The standard InChI is InChI=1S/C14H21NO4/c1-6-10-8-11(12(16)18-7-2)15(9-10)13(17)19-14(3,4)5/h6,9,11H,1,7-8H2,2-5H3/t11-/m0/s1. The van der Waals surface area contributed by atoms with Gasteiger partial charge in [-0.3, -0.25) is 4.90 Å². The number of hydrogen-bond donors (Lipinski definition) is 0. The first-order valence-electron chi connectivity index (χ1n) is 6.29. The van der Waals surface area contributed by atoms with Gasteiger partial charge in [0.05, 0.1) is 6.61 Å². The molecule has 0 aliphatic carbocycles. The average molecular weight is 267 g/mol. The number of rotatable bonds is 3. The highest BCUT2D eigenvalue weighted by Gasteiger charge is 2.37. The molecule has 0 spiro atoms. The third kappa shape index (κ3) is 4.12. The van der Waals surface area contributed by atoms with Crippen LogP contribution >= 0.6 is 0 Å². The van der Waals surface area contributed by atoms with Crippen molar-refractivity contribution in [2.75, 3.05) is 6.61 Å². The van der Waals surface area contributed by atoms with Crippen LogP contribution in [0.1, 0.15) is 34.1 Å². The van der Waals surface area contributed by atoms with Crippen LogP contribution < -0.4 is 0 Å². The molecule has 0 aromatic heterocycles. The molecule has 0 aromatic carbocycles. The molecule has 0 unspecified atom stereocenters. The summed E-state index contributed by atoms with van der Waals surface area (Å²) in [7, 11) is 0. The molecule has 0 radical (unpaired) electrons. The van der Waals surface area contributed by atoms with Crippen molar-refractivity contribution in [2.24, 2.45) is 0 Å². The summed E-state index contributed by atoms with van der Waals surface area (Å²) in [6.07, 6.45) is 3.06. The van der Waals surface area contributed by atoms with Gasteiger partial charge in [-0.1, -0.05) is 12.7 Å². The van der Waals surface area contributed by atoms with E-state index >= 15 is 0 Å². The van der Waals surface area contributed by atoms with Gasteiger partial charge in [-0.15, -0.1) is 0 Å². The molecule has 19 heavy (non-hydrogen) atoms. The zero-order valence-corrected chi connectivity index (χ0v) is 11.9. The molecule has 0 bridgehead atoms. The summed E-state index contributed by atoms with van der Waals surface area (Å²) in [5.74, 6) is -0.429. The van der Waals surface area contributed by atoms with Gasteiger partial charge in [0.2, 0.25) is 0 Å². The summed E-state index contributed by atoms with van der Waals surface area (Å²) < 4.78 is 10.2. The Balaban J connectivity index is 2.86. The number of hydrogen-bond acceptors (Lipinski definition) is 4. The Bertz CT molecular complexity index is 406. The minimum absolute atomic E-state index is 0.279. The van der Waals surface area contributed by atoms with Gasteiger partial charge < -0.3 is 9.47 Å². The summed E-state index contributed by atoms with van der Waals surface area (Å²) in [5, 5.41) is 0. The van der Waals surface area contributed by atoms with Crippen molar-refractivity contribution in [3.05, 3.63) is 24.4 Å². The molecule has 1 aliphatic heterocycles. The lowest BCUT2D eigenvalue weighted by molar-refractivity contribution is -0.147. The lowest BCUT2D eigenvalue weighted by Crippen LogP contribution is -2.42. The van der Waals surface area contributed by atoms with Crippen LogP contribution in [-0.4, -0.2) is 35.2 Å².